The second-order valence-corrected chi connectivity index (χ2v) is 8.25. The molecule has 0 bridgehead atoms. The molecule has 0 saturated carbocycles. The van der Waals surface area contributed by atoms with Gasteiger partial charge in [0.25, 0.3) is 0 Å². The van der Waals surface area contributed by atoms with Crippen LogP contribution in [0.3, 0.4) is 0 Å². The van der Waals surface area contributed by atoms with E-state index in [1.165, 1.54) is 0 Å². The van der Waals surface area contributed by atoms with Crippen molar-refractivity contribution in [1.29, 1.82) is 0 Å². The number of hydrogen-bond donors (Lipinski definition) is 1. The van der Waals surface area contributed by atoms with E-state index in [1.807, 2.05) is 87.6 Å². The maximum atomic E-state index is 5.68. The van der Waals surface area contributed by atoms with Crippen LogP contribution < -0.4 is 5.32 Å². The number of furan rings is 1. The predicted octanol–water partition coefficient (Wildman–Crippen LogP) is 4.16. The quantitative estimate of drug-likeness (QED) is 0.420. The van der Waals surface area contributed by atoms with Gasteiger partial charge in [0, 0.05) is 5.56 Å². The predicted molar refractivity (Wildman–Crippen MR) is 129 cm³/mol. The van der Waals surface area contributed by atoms with E-state index in [9.17, 15) is 0 Å². The van der Waals surface area contributed by atoms with Crippen molar-refractivity contribution in [3.05, 3.63) is 102 Å². The Morgan fingerprint density at radius 2 is 1.77 bits per heavy atom. The first-order chi connectivity index (χ1) is 17.3. The zero-order chi connectivity index (χ0) is 23.4. The van der Waals surface area contributed by atoms with Crippen LogP contribution in [0.5, 0.6) is 0 Å². The van der Waals surface area contributed by atoms with Crippen LogP contribution in [-0.4, -0.2) is 39.5 Å². The SMILES string of the molecule is Cc1nn(-c2ccccc2)c(-n2nnc3ccccc32)c1C1C=C(c2ccco2)Nc2nncn21. The maximum Gasteiger partial charge on any atom is 0.229 e. The van der Waals surface area contributed by atoms with E-state index in [0.29, 0.717) is 11.7 Å². The topological polar surface area (TPSA) is 104 Å². The highest BCUT2D eigenvalue weighted by Crippen LogP contribution is 2.38. The summed E-state index contributed by atoms with van der Waals surface area (Å²) in [5.74, 6) is 2.12. The minimum Gasteiger partial charge on any atom is -0.463 e. The maximum absolute atomic E-state index is 5.68. The Hall–Kier alpha value is -4.99. The van der Waals surface area contributed by atoms with Crippen LogP contribution in [0.2, 0.25) is 0 Å². The molecule has 1 atom stereocenters. The third kappa shape index (κ3) is 3.00. The Morgan fingerprint density at radius 1 is 0.914 bits per heavy atom. The molecule has 35 heavy (non-hydrogen) atoms. The average Bonchev–Trinajstić information content (AvgIpc) is 3.69. The molecule has 10 nitrogen and oxygen atoms in total. The molecular weight excluding hydrogens is 442 g/mol. The van der Waals surface area contributed by atoms with Crippen molar-refractivity contribution in [3.8, 4) is 11.5 Å². The lowest BCUT2D eigenvalue weighted by Gasteiger charge is -2.24. The van der Waals surface area contributed by atoms with E-state index in [-0.39, 0.29) is 6.04 Å². The van der Waals surface area contributed by atoms with Crippen molar-refractivity contribution in [2.45, 2.75) is 13.0 Å². The van der Waals surface area contributed by atoms with Crippen LogP contribution in [0.4, 0.5) is 5.95 Å². The fourth-order valence-corrected chi connectivity index (χ4v) is 4.59. The summed E-state index contributed by atoms with van der Waals surface area (Å²) >= 11 is 0. The third-order valence-corrected chi connectivity index (χ3v) is 6.16. The van der Waals surface area contributed by atoms with E-state index in [1.54, 1.807) is 12.6 Å². The van der Waals surface area contributed by atoms with E-state index >= 15 is 0 Å². The summed E-state index contributed by atoms with van der Waals surface area (Å²) in [6.45, 7) is 2.00. The van der Waals surface area contributed by atoms with E-state index in [2.05, 4.69) is 31.9 Å². The summed E-state index contributed by atoms with van der Waals surface area (Å²) in [4.78, 5) is 0. The Bertz CT molecular complexity index is 1690. The standard InChI is InChI=1S/C25H19N9O/c1-16-23(21-14-19(22-12-7-13-35-22)27-25-29-26-15-32(21)25)24(33(30-16)17-8-3-2-4-9-17)34-20-11-6-5-10-18(20)28-31-34/h2-15,21H,1H3,(H,27,29). The fraction of sp³-hybridized carbons (Fsp3) is 0.0800. The highest BCUT2D eigenvalue weighted by Gasteiger charge is 2.32. The van der Waals surface area contributed by atoms with Gasteiger partial charge < -0.3 is 9.73 Å². The number of rotatable bonds is 4. The van der Waals surface area contributed by atoms with Gasteiger partial charge in [0.15, 0.2) is 5.82 Å². The molecule has 7 rings (SSSR count). The van der Waals surface area contributed by atoms with Crippen LogP contribution in [0.1, 0.15) is 23.1 Å². The number of nitrogens with zero attached hydrogens (tertiary/aromatic N) is 8. The van der Waals surface area contributed by atoms with Crippen molar-refractivity contribution in [2.24, 2.45) is 0 Å². The molecule has 170 valence electrons. The average molecular weight is 461 g/mol. The highest BCUT2D eigenvalue weighted by atomic mass is 16.3. The van der Waals surface area contributed by atoms with Crippen LogP contribution in [0, 0.1) is 6.92 Å². The molecule has 5 heterocycles. The van der Waals surface area contributed by atoms with Gasteiger partial charge in [0.2, 0.25) is 5.95 Å². The smallest absolute Gasteiger partial charge is 0.229 e. The Labute approximate surface area is 199 Å². The highest BCUT2D eigenvalue weighted by molar-refractivity contribution is 5.77. The number of fused-ring (bicyclic) bond motifs is 2. The second kappa shape index (κ2) is 7.52. The first kappa shape index (κ1) is 19.5. The first-order valence-corrected chi connectivity index (χ1v) is 11.2. The van der Waals surface area contributed by atoms with Crippen molar-refractivity contribution in [3.63, 3.8) is 0 Å². The zero-order valence-electron chi connectivity index (χ0n) is 18.6. The molecule has 1 unspecified atom stereocenters. The lowest BCUT2D eigenvalue weighted by molar-refractivity contribution is 0.550. The summed E-state index contributed by atoms with van der Waals surface area (Å²) in [7, 11) is 0. The van der Waals surface area contributed by atoms with Gasteiger partial charge in [-0.3, -0.25) is 4.57 Å². The molecule has 1 N–H and O–H groups in total. The number of aryl methyl sites for hydroxylation is 1. The van der Waals surface area contributed by atoms with Crippen LogP contribution >= 0.6 is 0 Å². The van der Waals surface area contributed by atoms with Gasteiger partial charge in [0.1, 0.15) is 17.6 Å². The zero-order valence-corrected chi connectivity index (χ0v) is 18.6. The Kier molecular flexibility index (Phi) is 4.19. The molecule has 0 fully saturated rings. The fourth-order valence-electron chi connectivity index (χ4n) is 4.59. The van der Waals surface area contributed by atoms with Gasteiger partial charge in [-0.15, -0.1) is 15.3 Å². The molecule has 0 aliphatic carbocycles. The lowest BCUT2D eigenvalue weighted by atomic mass is 10.0. The molecule has 0 radical (unpaired) electrons. The Balaban J connectivity index is 1.53. The van der Waals surface area contributed by atoms with Crippen molar-refractivity contribution < 1.29 is 4.42 Å². The lowest BCUT2D eigenvalue weighted by Crippen LogP contribution is -2.20. The molecule has 10 heteroatoms. The van der Waals surface area contributed by atoms with Crippen molar-refractivity contribution in [1.82, 2.24) is 39.5 Å². The second-order valence-electron chi connectivity index (χ2n) is 8.25. The minimum atomic E-state index is -0.267. The molecule has 6 aromatic rings. The molecule has 0 spiro atoms. The normalized spacial score (nSPS) is 15.1. The number of para-hydroxylation sites is 2. The van der Waals surface area contributed by atoms with Gasteiger partial charge in [0.05, 0.1) is 34.9 Å². The van der Waals surface area contributed by atoms with Gasteiger partial charge in [-0.25, -0.2) is 4.68 Å². The Morgan fingerprint density at radius 3 is 2.63 bits per heavy atom. The molecule has 0 saturated heterocycles. The van der Waals surface area contributed by atoms with Gasteiger partial charge in [-0.1, -0.05) is 35.5 Å². The van der Waals surface area contributed by atoms with Crippen molar-refractivity contribution >= 4 is 22.7 Å². The summed E-state index contributed by atoms with van der Waals surface area (Å²) in [5.41, 5.74) is 5.23. The monoisotopic (exact) mass is 461 g/mol. The number of anilines is 1. The summed E-state index contributed by atoms with van der Waals surface area (Å²) < 4.78 is 11.4. The minimum absolute atomic E-state index is 0.267. The molecule has 1 aliphatic rings. The largest absolute Gasteiger partial charge is 0.463 e. The van der Waals surface area contributed by atoms with Gasteiger partial charge in [-0.2, -0.15) is 9.78 Å². The number of allylic oxidation sites excluding steroid dienone is 1. The van der Waals surface area contributed by atoms with E-state index in [4.69, 9.17) is 9.52 Å². The first-order valence-electron chi connectivity index (χ1n) is 11.2. The molecule has 0 amide bonds. The van der Waals surface area contributed by atoms with Crippen LogP contribution in [-0.2, 0) is 0 Å². The number of nitrogens with one attached hydrogen (secondary N) is 1. The molecule has 2 aromatic carbocycles. The third-order valence-electron chi connectivity index (χ3n) is 6.16. The van der Waals surface area contributed by atoms with Gasteiger partial charge >= 0.3 is 0 Å². The van der Waals surface area contributed by atoms with E-state index in [0.717, 1.165) is 39.5 Å². The number of hydrogen-bond acceptors (Lipinski definition) is 7. The number of aromatic nitrogens is 8. The van der Waals surface area contributed by atoms with Crippen LogP contribution in [0.25, 0.3) is 28.2 Å². The van der Waals surface area contributed by atoms with Crippen LogP contribution in [0.15, 0.2) is 89.8 Å². The molecular formula is C25H19N9O. The van der Waals surface area contributed by atoms with E-state index < -0.39 is 0 Å². The summed E-state index contributed by atoms with van der Waals surface area (Å²) in [6.07, 6.45) is 5.46. The molecule has 4 aromatic heterocycles. The van der Waals surface area contributed by atoms with Gasteiger partial charge in [-0.05, 0) is 49.4 Å². The number of benzene rings is 2. The summed E-state index contributed by atoms with van der Waals surface area (Å²) in [5, 5.41) is 25.7. The van der Waals surface area contributed by atoms with Crippen molar-refractivity contribution in [2.75, 3.05) is 5.32 Å². The molecule has 1 aliphatic heterocycles. The summed E-state index contributed by atoms with van der Waals surface area (Å²) in [6, 6.07) is 21.4.